The number of benzene rings is 3. The van der Waals surface area contributed by atoms with Crippen molar-refractivity contribution >= 4 is 11.9 Å². The Bertz CT molecular complexity index is 1270. The molecule has 1 saturated heterocycles. The number of hydrogen-bond donors (Lipinski definition) is 3. The Labute approximate surface area is 217 Å². The summed E-state index contributed by atoms with van der Waals surface area (Å²) in [6.07, 6.45) is 2.36. The first-order chi connectivity index (χ1) is 17.7. The van der Waals surface area contributed by atoms with Crippen LogP contribution in [-0.4, -0.2) is 46.7 Å². The van der Waals surface area contributed by atoms with E-state index in [1.54, 1.807) is 36.4 Å². The van der Waals surface area contributed by atoms with Gasteiger partial charge in [-0.3, -0.25) is 9.69 Å². The fourth-order valence-electron chi connectivity index (χ4n) is 5.08. The number of carbonyl (C=O) groups is 2. The van der Waals surface area contributed by atoms with Gasteiger partial charge in [-0.2, -0.15) is 0 Å². The molecular weight excluding hydrogens is 468 g/mol. The smallest absolute Gasteiger partial charge is 0.337 e. The highest BCUT2D eigenvalue weighted by atomic mass is 16.5. The molecule has 0 spiro atoms. The summed E-state index contributed by atoms with van der Waals surface area (Å²) in [5, 5.41) is 23.2. The van der Waals surface area contributed by atoms with E-state index in [1.165, 1.54) is 7.11 Å². The maximum Gasteiger partial charge on any atom is 0.337 e. The third-order valence-corrected chi connectivity index (χ3v) is 7.01. The van der Waals surface area contributed by atoms with Gasteiger partial charge in [-0.1, -0.05) is 18.2 Å². The van der Waals surface area contributed by atoms with Gasteiger partial charge >= 0.3 is 5.97 Å². The highest BCUT2D eigenvalue weighted by molar-refractivity contribution is 5.89. The van der Waals surface area contributed by atoms with Gasteiger partial charge in [0.05, 0.1) is 18.7 Å². The number of nitrogens with zero attached hydrogens (tertiary/aromatic N) is 1. The maximum atomic E-state index is 12.9. The number of esters is 1. The van der Waals surface area contributed by atoms with Crippen LogP contribution in [0.4, 0.5) is 0 Å². The van der Waals surface area contributed by atoms with Crippen molar-refractivity contribution in [1.29, 1.82) is 0 Å². The summed E-state index contributed by atoms with van der Waals surface area (Å²) in [6, 6.07) is 17.8. The molecule has 1 amide bonds. The third kappa shape index (κ3) is 6.49. The van der Waals surface area contributed by atoms with Gasteiger partial charge in [0.1, 0.15) is 11.5 Å². The van der Waals surface area contributed by atoms with Crippen LogP contribution in [0.3, 0.4) is 0 Å². The van der Waals surface area contributed by atoms with Gasteiger partial charge in [-0.15, -0.1) is 0 Å². The van der Waals surface area contributed by atoms with Crippen molar-refractivity contribution in [1.82, 2.24) is 10.2 Å². The van der Waals surface area contributed by atoms with Crippen LogP contribution >= 0.6 is 0 Å². The van der Waals surface area contributed by atoms with Crippen molar-refractivity contribution in [3.8, 4) is 22.6 Å². The SMILES string of the molecule is COC(=O)c1ccc([C@H](C)NC(=O)C[C@H]2CCCN2Cc2cc(O)cc(-c3ccc(O)cc3C)c2)cc1. The number of aryl methyl sites for hydroxylation is 1. The van der Waals surface area contributed by atoms with Gasteiger partial charge in [0, 0.05) is 19.0 Å². The minimum absolute atomic E-state index is 0.0160. The molecule has 4 rings (SSSR count). The average Bonchev–Trinajstić information content (AvgIpc) is 3.29. The van der Waals surface area contributed by atoms with Crippen molar-refractivity contribution < 1.29 is 24.5 Å². The number of rotatable bonds is 8. The molecular formula is C30H34N2O5. The molecule has 37 heavy (non-hydrogen) atoms. The van der Waals surface area contributed by atoms with Crippen molar-refractivity contribution in [2.24, 2.45) is 0 Å². The van der Waals surface area contributed by atoms with Crippen LogP contribution in [-0.2, 0) is 16.1 Å². The van der Waals surface area contributed by atoms with Crippen molar-refractivity contribution in [3.05, 3.63) is 82.9 Å². The number of ether oxygens (including phenoxy) is 1. The summed E-state index contributed by atoms with van der Waals surface area (Å²) < 4.78 is 4.74. The maximum absolute atomic E-state index is 12.9. The number of methoxy groups -OCH3 is 1. The molecule has 194 valence electrons. The molecule has 1 aliphatic rings. The van der Waals surface area contributed by atoms with Crippen LogP contribution in [0.2, 0.25) is 0 Å². The summed E-state index contributed by atoms with van der Waals surface area (Å²) in [6.45, 7) is 5.40. The van der Waals surface area contributed by atoms with Gasteiger partial charge in [-0.05, 0) is 104 Å². The zero-order chi connectivity index (χ0) is 26.5. The Kier molecular flexibility index (Phi) is 8.14. The predicted molar refractivity (Wildman–Crippen MR) is 142 cm³/mol. The molecule has 2 atom stereocenters. The van der Waals surface area contributed by atoms with Gasteiger partial charge in [0.15, 0.2) is 0 Å². The quantitative estimate of drug-likeness (QED) is 0.371. The van der Waals surface area contributed by atoms with Crippen LogP contribution in [0.1, 0.15) is 59.3 Å². The Morgan fingerprint density at radius 3 is 2.51 bits per heavy atom. The molecule has 0 bridgehead atoms. The number of phenolic OH excluding ortho intramolecular Hbond substituents is 2. The number of likely N-dealkylation sites (tertiary alicyclic amines) is 1. The molecule has 1 fully saturated rings. The van der Waals surface area contributed by atoms with E-state index in [0.717, 1.165) is 47.2 Å². The first-order valence-electron chi connectivity index (χ1n) is 12.6. The molecule has 3 aromatic rings. The van der Waals surface area contributed by atoms with E-state index in [2.05, 4.69) is 16.3 Å². The molecule has 0 unspecified atom stereocenters. The molecule has 0 radical (unpaired) electrons. The number of phenols is 2. The summed E-state index contributed by atoms with van der Waals surface area (Å²) in [5.74, 6) is 0.00669. The van der Waals surface area contributed by atoms with E-state index in [0.29, 0.717) is 18.5 Å². The summed E-state index contributed by atoms with van der Waals surface area (Å²) >= 11 is 0. The average molecular weight is 503 g/mol. The van der Waals surface area contributed by atoms with Crippen molar-refractivity contribution in [3.63, 3.8) is 0 Å². The molecule has 0 aliphatic carbocycles. The van der Waals surface area contributed by atoms with Gasteiger partial charge in [0.2, 0.25) is 5.91 Å². The lowest BCUT2D eigenvalue weighted by Crippen LogP contribution is -2.36. The summed E-state index contributed by atoms with van der Waals surface area (Å²) in [5.41, 5.74) is 5.16. The van der Waals surface area contributed by atoms with E-state index in [4.69, 9.17) is 4.74 Å². The summed E-state index contributed by atoms with van der Waals surface area (Å²) in [4.78, 5) is 26.8. The lowest BCUT2D eigenvalue weighted by atomic mass is 9.98. The number of aromatic hydroxyl groups is 2. The van der Waals surface area contributed by atoms with Gasteiger partial charge in [-0.25, -0.2) is 4.79 Å². The molecule has 0 saturated carbocycles. The fraction of sp³-hybridized carbons (Fsp3) is 0.333. The minimum atomic E-state index is -0.387. The molecule has 7 heteroatoms. The number of nitrogens with one attached hydrogen (secondary N) is 1. The Hall–Kier alpha value is -3.84. The first-order valence-corrected chi connectivity index (χ1v) is 12.6. The number of amides is 1. The van der Waals surface area contributed by atoms with Crippen LogP contribution in [0, 0.1) is 6.92 Å². The molecule has 3 N–H and O–H groups in total. The minimum Gasteiger partial charge on any atom is -0.508 e. The monoisotopic (exact) mass is 502 g/mol. The molecule has 1 heterocycles. The van der Waals surface area contributed by atoms with Gasteiger partial charge in [0.25, 0.3) is 0 Å². The van der Waals surface area contributed by atoms with E-state index in [-0.39, 0.29) is 35.5 Å². The van der Waals surface area contributed by atoms with E-state index in [9.17, 15) is 19.8 Å². The zero-order valence-corrected chi connectivity index (χ0v) is 21.5. The van der Waals surface area contributed by atoms with Crippen LogP contribution in [0.5, 0.6) is 11.5 Å². The third-order valence-electron chi connectivity index (χ3n) is 7.01. The van der Waals surface area contributed by atoms with E-state index >= 15 is 0 Å². The molecule has 0 aromatic heterocycles. The number of carbonyl (C=O) groups excluding carboxylic acids is 2. The Morgan fingerprint density at radius 1 is 1.05 bits per heavy atom. The second kappa shape index (κ2) is 11.5. The van der Waals surface area contributed by atoms with Crippen LogP contribution in [0.25, 0.3) is 11.1 Å². The Balaban J connectivity index is 1.39. The first kappa shape index (κ1) is 26.2. The predicted octanol–water partition coefficient (Wildman–Crippen LogP) is 5.09. The van der Waals surface area contributed by atoms with Crippen LogP contribution in [0.15, 0.2) is 60.7 Å². The van der Waals surface area contributed by atoms with Crippen LogP contribution < -0.4 is 5.32 Å². The highest BCUT2D eigenvalue weighted by Crippen LogP contribution is 2.31. The zero-order valence-electron chi connectivity index (χ0n) is 21.5. The van der Waals surface area contributed by atoms with Crippen molar-refractivity contribution in [2.45, 2.75) is 51.7 Å². The molecule has 7 nitrogen and oxygen atoms in total. The van der Waals surface area contributed by atoms with Gasteiger partial charge < -0.3 is 20.3 Å². The molecule has 3 aromatic carbocycles. The number of hydrogen-bond acceptors (Lipinski definition) is 6. The fourth-order valence-corrected chi connectivity index (χ4v) is 5.08. The normalized spacial score (nSPS) is 16.4. The highest BCUT2D eigenvalue weighted by Gasteiger charge is 2.27. The second-order valence-electron chi connectivity index (χ2n) is 9.76. The van der Waals surface area contributed by atoms with Crippen molar-refractivity contribution in [2.75, 3.05) is 13.7 Å². The van der Waals surface area contributed by atoms with E-state index in [1.807, 2.05) is 32.0 Å². The topological polar surface area (TPSA) is 99.1 Å². The molecule has 1 aliphatic heterocycles. The van der Waals surface area contributed by atoms with E-state index < -0.39 is 0 Å². The summed E-state index contributed by atoms with van der Waals surface area (Å²) in [7, 11) is 1.35. The second-order valence-corrected chi connectivity index (χ2v) is 9.76. The standard InChI is InChI=1S/C30H34N2O5/c1-19-13-26(33)10-11-28(19)24-14-21(15-27(34)16-24)18-32-12-4-5-25(32)17-29(35)31-20(2)22-6-8-23(9-7-22)30(36)37-3/h6-11,13-16,20,25,33-34H,4-5,12,17-18H2,1-3H3,(H,31,35)/t20-,25+/m0/s1. The Morgan fingerprint density at radius 2 is 1.81 bits per heavy atom. The largest absolute Gasteiger partial charge is 0.508 e. The lowest BCUT2D eigenvalue weighted by molar-refractivity contribution is -0.122. The lowest BCUT2D eigenvalue weighted by Gasteiger charge is -2.25.